The van der Waals surface area contributed by atoms with Gasteiger partial charge in [0.25, 0.3) is 0 Å². The molecule has 3 aromatic heterocycles. The lowest BCUT2D eigenvalue weighted by atomic mass is 10.1. The minimum Gasteiger partial charge on any atom is -0.465 e. The van der Waals surface area contributed by atoms with Crippen molar-refractivity contribution in [2.45, 2.75) is 0 Å². The highest BCUT2D eigenvalue weighted by Gasteiger charge is 2.25. The van der Waals surface area contributed by atoms with E-state index in [-0.39, 0.29) is 11.3 Å². The number of aromatic nitrogens is 1. The standard InChI is InChI=1S/C29H18ClNO4/c1-34-29(33)21-16-24(27(32)18-10-6-3-7-11-18)31-23(21)13-12-20-22(30)14-19-15-25(35-28(19)26(20)31)17-8-4-2-5-9-17/h2-16H,1H3. The molecular weight excluding hydrogens is 462 g/mol. The molecule has 6 aromatic rings. The van der Waals surface area contributed by atoms with E-state index in [1.54, 1.807) is 40.8 Å². The molecule has 170 valence electrons. The summed E-state index contributed by atoms with van der Waals surface area (Å²) in [6.45, 7) is 0. The van der Waals surface area contributed by atoms with Crippen LogP contribution in [0.3, 0.4) is 0 Å². The molecule has 0 atom stereocenters. The molecule has 0 saturated carbocycles. The van der Waals surface area contributed by atoms with Gasteiger partial charge in [0.2, 0.25) is 5.78 Å². The van der Waals surface area contributed by atoms with E-state index in [9.17, 15) is 9.59 Å². The number of carbonyl (C=O) groups excluding carboxylic acids is 2. The number of rotatable bonds is 4. The van der Waals surface area contributed by atoms with Crippen LogP contribution in [0.1, 0.15) is 26.4 Å². The molecule has 3 heterocycles. The van der Waals surface area contributed by atoms with Gasteiger partial charge in [0.15, 0.2) is 5.58 Å². The molecular formula is C29H18ClNO4. The SMILES string of the molecule is COC(=O)c1cc(C(=O)c2ccccc2)n2c1ccc1c(Cl)cc3cc(-c4ccccc4)oc3c12. The highest BCUT2D eigenvalue weighted by atomic mass is 35.5. The van der Waals surface area contributed by atoms with Crippen LogP contribution in [0.5, 0.6) is 0 Å². The fraction of sp³-hybridized carbons (Fsp3) is 0.0345. The van der Waals surface area contributed by atoms with Crippen LogP contribution >= 0.6 is 11.6 Å². The van der Waals surface area contributed by atoms with E-state index in [1.807, 2.05) is 54.6 Å². The fourth-order valence-corrected chi connectivity index (χ4v) is 4.81. The highest BCUT2D eigenvalue weighted by molar-refractivity contribution is 6.37. The van der Waals surface area contributed by atoms with Crippen molar-refractivity contribution in [2.24, 2.45) is 0 Å². The van der Waals surface area contributed by atoms with E-state index in [4.69, 9.17) is 20.8 Å². The van der Waals surface area contributed by atoms with Crippen molar-refractivity contribution in [1.29, 1.82) is 0 Å². The van der Waals surface area contributed by atoms with Crippen LogP contribution in [0.25, 0.3) is 38.7 Å². The number of esters is 1. The minimum atomic E-state index is -0.531. The van der Waals surface area contributed by atoms with Crippen LogP contribution < -0.4 is 0 Å². The van der Waals surface area contributed by atoms with E-state index in [1.165, 1.54) is 7.11 Å². The topological polar surface area (TPSA) is 60.9 Å². The Labute approximate surface area is 205 Å². The molecule has 0 spiro atoms. The van der Waals surface area contributed by atoms with Crippen molar-refractivity contribution in [3.8, 4) is 11.3 Å². The van der Waals surface area contributed by atoms with Crippen molar-refractivity contribution < 1.29 is 18.7 Å². The molecule has 0 amide bonds. The van der Waals surface area contributed by atoms with Gasteiger partial charge in [-0.2, -0.15) is 0 Å². The zero-order valence-corrected chi connectivity index (χ0v) is 19.4. The first-order valence-corrected chi connectivity index (χ1v) is 11.4. The number of furan rings is 1. The van der Waals surface area contributed by atoms with Gasteiger partial charge in [-0.25, -0.2) is 4.79 Å². The Kier molecular flexibility index (Phi) is 4.94. The van der Waals surface area contributed by atoms with Gasteiger partial charge in [-0.1, -0.05) is 72.3 Å². The summed E-state index contributed by atoms with van der Waals surface area (Å²) in [5.41, 5.74) is 3.75. The molecule has 0 bridgehead atoms. The Morgan fingerprint density at radius 3 is 2.31 bits per heavy atom. The molecule has 0 aliphatic heterocycles. The van der Waals surface area contributed by atoms with E-state index in [2.05, 4.69) is 0 Å². The molecule has 0 aliphatic carbocycles. The third kappa shape index (κ3) is 3.32. The second-order valence-electron chi connectivity index (χ2n) is 8.20. The van der Waals surface area contributed by atoms with Gasteiger partial charge in [-0.15, -0.1) is 0 Å². The molecule has 3 aromatic carbocycles. The Bertz CT molecular complexity index is 1770. The van der Waals surface area contributed by atoms with E-state index >= 15 is 0 Å². The number of hydrogen-bond donors (Lipinski definition) is 0. The van der Waals surface area contributed by atoms with E-state index < -0.39 is 5.97 Å². The summed E-state index contributed by atoms with van der Waals surface area (Å²) in [7, 11) is 1.32. The molecule has 6 heteroatoms. The first-order chi connectivity index (χ1) is 17.1. The molecule has 0 fully saturated rings. The zero-order chi connectivity index (χ0) is 24.1. The monoisotopic (exact) mass is 479 g/mol. The van der Waals surface area contributed by atoms with Gasteiger partial charge >= 0.3 is 5.97 Å². The molecule has 0 aliphatic rings. The summed E-state index contributed by atoms with van der Waals surface area (Å²) < 4.78 is 13.1. The Morgan fingerprint density at radius 1 is 0.886 bits per heavy atom. The van der Waals surface area contributed by atoms with Gasteiger partial charge in [0, 0.05) is 21.9 Å². The maximum Gasteiger partial charge on any atom is 0.340 e. The number of hydrogen-bond acceptors (Lipinski definition) is 4. The number of ether oxygens (including phenoxy) is 1. The van der Waals surface area contributed by atoms with Gasteiger partial charge < -0.3 is 13.6 Å². The second-order valence-corrected chi connectivity index (χ2v) is 8.61. The maximum atomic E-state index is 13.6. The Hall–Kier alpha value is -4.35. The van der Waals surface area contributed by atoms with Crippen molar-refractivity contribution in [3.63, 3.8) is 0 Å². The van der Waals surface area contributed by atoms with Gasteiger partial charge in [0.1, 0.15) is 5.76 Å². The van der Waals surface area contributed by atoms with Gasteiger partial charge in [-0.3, -0.25) is 4.79 Å². The fourth-order valence-electron chi connectivity index (χ4n) is 4.54. The minimum absolute atomic E-state index is 0.230. The number of halogens is 1. The molecule has 0 radical (unpaired) electrons. The summed E-state index contributed by atoms with van der Waals surface area (Å²) in [6.07, 6.45) is 0. The average Bonchev–Trinajstić information content (AvgIpc) is 3.51. The lowest BCUT2D eigenvalue weighted by Crippen LogP contribution is -2.06. The zero-order valence-electron chi connectivity index (χ0n) is 18.6. The summed E-state index contributed by atoms with van der Waals surface area (Å²) in [4.78, 5) is 26.3. The number of pyridine rings is 1. The largest absolute Gasteiger partial charge is 0.465 e. The van der Waals surface area contributed by atoms with Crippen molar-refractivity contribution >= 4 is 50.7 Å². The molecule has 6 rings (SSSR count). The van der Waals surface area contributed by atoms with Crippen LogP contribution in [-0.4, -0.2) is 23.3 Å². The summed E-state index contributed by atoms with van der Waals surface area (Å²) >= 11 is 6.71. The first kappa shape index (κ1) is 21.2. The van der Waals surface area contributed by atoms with Crippen LogP contribution in [0.15, 0.2) is 95.4 Å². The lowest BCUT2D eigenvalue weighted by molar-refractivity contribution is 0.0603. The predicted molar refractivity (Wildman–Crippen MR) is 136 cm³/mol. The Balaban J connectivity index is 1.75. The number of benzene rings is 3. The molecule has 0 unspecified atom stereocenters. The van der Waals surface area contributed by atoms with Crippen molar-refractivity contribution in [3.05, 3.63) is 113 Å². The van der Waals surface area contributed by atoms with E-state index in [0.717, 1.165) is 10.9 Å². The second kappa shape index (κ2) is 8.15. The molecule has 0 saturated heterocycles. The maximum absolute atomic E-state index is 13.6. The Morgan fingerprint density at radius 2 is 1.60 bits per heavy atom. The molecule has 35 heavy (non-hydrogen) atoms. The lowest BCUT2D eigenvalue weighted by Gasteiger charge is -2.10. The predicted octanol–water partition coefficient (Wildman–Crippen LogP) is 7.18. The summed E-state index contributed by atoms with van der Waals surface area (Å²) in [6, 6.07) is 27.7. The van der Waals surface area contributed by atoms with Gasteiger partial charge in [-0.05, 0) is 30.3 Å². The van der Waals surface area contributed by atoms with Gasteiger partial charge in [0.05, 0.1) is 34.4 Å². The quantitative estimate of drug-likeness (QED) is 0.198. The van der Waals surface area contributed by atoms with Crippen molar-refractivity contribution in [2.75, 3.05) is 7.11 Å². The van der Waals surface area contributed by atoms with Crippen LogP contribution in [0.4, 0.5) is 0 Å². The third-order valence-electron chi connectivity index (χ3n) is 6.17. The smallest absolute Gasteiger partial charge is 0.340 e. The molecule has 0 N–H and O–H groups in total. The number of fused-ring (bicyclic) bond motifs is 5. The first-order valence-electron chi connectivity index (χ1n) is 11.0. The normalized spacial score (nSPS) is 11.4. The van der Waals surface area contributed by atoms with Crippen LogP contribution in [-0.2, 0) is 4.74 Å². The highest BCUT2D eigenvalue weighted by Crippen LogP contribution is 2.38. The number of ketones is 1. The number of carbonyl (C=O) groups is 2. The summed E-state index contributed by atoms with van der Waals surface area (Å²) in [5.74, 6) is -0.0830. The van der Waals surface area contributed by atoms with Crippen molar-refractivity contribution in [1.82, 2.24) is 4.40 Å². The van der Waals surface area contributed by atoms with Crippen LogP contribution in [0, 0.1) is 0 Å². The molecule has 5 nitrogen and oxygen atoms in total. The number of methoxy groups -OCH3 is 1. The third-order valence-corrected chi connectivity index (χ3v) is 6.49. The average molecular weight is 480 g/mol. The van der Waals surface area contributed by atoms with E-state index in [0.29, 0.717) is 44.0 Å². The van der Waals surface area contributed by atoms with Crippen LogP contribution in [0.2, 0.25) is 5.02 Å². The number of nitrogens with zero attached hydrogens (tertiary/aromatic N) is 1. The summed E-state index contributed by atoms with van der Waals surface area (Å²) in [5, 5.41) is 2.01.